The first-order chi connectivity index (χ1) is 6.07. The van der Waals surface area contributed by atoms with Gasteiger partial charge in [0.1, 0.15) is 0 Å². The van der Waals surface area contributed by atoms with Crippen LogP contribution < -0.4 is 0 Å². The van der Waals surface area contributed by atoms with E-state index >= 15 is 0 Å². The summed E-state index contributed by atoms with van der Waals surface area (Å²) in [4.78, 5) is 10.0. The molecule has 0 aliphatic heterocycles. The zero-order valence-electron chi connectivity index (χ0n) is 7.66. The van der Waals surface area contributed by atoms with Crippen LogP contribution in [0.25, 0.3) is 0 Å². The van der Waals surface area contributed by atoms with Crippen LogP contribution in [0.3, 0.4) is 0 Å². The van der Waals surface area contributed by atoms with Crippen molar-refractivity contribution in [3.8, 4) is 0 Å². The lowest BCUT2D eigenvalue weighted by Crippen LogP contribution is -1.98. The zero-order chi connectivity index (χ0) is 10.3. The van der Waals surface area contributed by atoms with Crippen LogP contribution in [-0.2, 0) is 4.79 Å². The topological polar surface area (TPSA) is 57.5 Å². The maximum absolute atomic E-state index is 12.4. The fourth-order valence-corrected chi connectivity index (χ4v) is 0.947. The fraction of sp³-hybridized carbons (Fsp3) is 0.667. The molecule has 1 atom stereocenters. The quantitative estimate of drug-likeness (QED) is 0.627. The maximum Gasteiger partial charge on any atom is 0.364 e. The van der Waals surface area contributed by atoms with Gasteiger partial charge in [0.25, 0.3) is 0 Å². The molecule has 13 heavy (non-hydrogen) atoms. The van der Waals surface area contributed by atoms with Crippen molar-refractivity contribution >= 4 is 5.97 Å². The minimum absolute atomic E-state index is 0.117. The summed E-state index contributed by atoms with van der Waals surface area (Å²) in [5, 5.41) is 16.7. The van der Waals surface area contributed by atoms with E-state index in [1.807, 2.05) is 6.92 Å². The zero-order valence-corrected chi connectivity index (χ0v) is 7.66. The Balaban J connectivity index is 3.65. The number of carboxylic acid groups (broad SMARTS) is 1. The van der Waals surface area contributed by atoms with Crippen LogP contribution in [0.2, 0.25) is 0 Å². The van der Waals surface area contributed by atoms with Crippen molar-refractivity contribution < 1.29 is 19.4 Å². The summed E-state index contributed by atoms with van der Waals surface area (Å²) in [7, 11) is 0. The summed E-state index contributed by atoms with van der Waals surface area (Å²) in [6.07, 6.45) is 2.83. The van der Waals surface area contributed by atoms with Gasteiger partial charge in [0.2, 0.25) is 5.83 Å². The standard InChI is InChI=1S/C9H15FO3/c1-7(5-6-11)3-2-4-8(10)9(12)13/h4,7,11H,2-3,5-6H2,1H3,(H,12,13)/b8-4-/t7-/m0/s1. The predicted octanol–water partition coefficient (Wildman–Crippen LogP) is 1.72. The molecule has 0 bridgehead atoms. The van der Waals surface area contributed by atoms with Crippen molar-refractivity contribution in [2.75, 3.05) is 6.61 Å². The molecule has 0 aliphatic rings. The van der Waals surface area contributed by atoms with E-state index in [1.165, 1.54) is 0 Å². The highest BCUT2D eigenvalue weighted by atomic mass is 19.1. The molecule has 0 saturated heterocycles. The van der Waals surface area contributed by atoms with E-state index in [9.17, 15) is 9.18 Å². The first-order valence-electron chi connectivity index (χ1n) is 4.27. The molecule has 2 N–H and O–H groups in total. The van der Waals surface area contributed by atoms with E-state index < -0.39 is 11.8 Å². The second-order valence-electron chi connectivity index (χ2n) is 3.05. The average molecular weight is 190 g/mol. The Morgan fingerprint density at radius 2 is 2.15 bits per heavy atom. The van der Waals surface area contributed by atoms with Crippen LogP contribution in [-0.4, -0.2) is 22.8 Å². The summed E-state index contributed by atoms with van der Waals surface area (Å²) in [5.41, 5.74) is 0. The van der Waals surface area contributed by atoms with Gasteiger partial charge in [-0.2, -0.15) is 4.39 Å². The van der Waals surface area contributed by atoms with Gasteiger partial charge in [-0.15, -0.1) is 0 Å². The first-order valence-corrected chi connectivity index (χ1v) is 4.27. The SMILES string of the molecule is C[C@H](CCO)CC/C=C(\F)C(=O)O. The van der Waals surface area contributed by atoms with Crippen molar-refractivity contribution in [2.24, 2.45) is 5.92 Å². The third-order valence-electron chi connectivity index (χ3n) is 1.81. The summed E-state index contributed by atoms with van der Waals surface area (Å²) in [6.45, 7) is 2.05. The molecule has 0 unspecified atom stereocenters. The highest BCUT2D eigenvalue weighted by Crippen LogP contribution is 2.11. The van der Waals surface area contributed by atoms with Crippen molar-refractivity contribution in [1.82, 2.24) is 0 Å². The Morgan fingerprint density at radius 1 is 1.54 bits per heavy atom. The van der Waals surface area contributed by atoms with Crippen LogP contribution in [0.1, 0.15) is 26.2 Å². The lowest BCUT2D eigenvalue weighted by molar-refractivity contribution is -0.134. The van der Waals surface area contributed by atoms with E-state index in [0.717, 1.165) is 6.08 Å². The number of aliphatic hydroxyl groups excluding tert-OH is 1. The molecule has 0 aliphatic carbocycles. The summed E-state index contributed by atoms with van der Waals surface area (Å²) in [6, 6.07) is 0. The molecule has 0 fully saturated rings. The smallest absolute Gasteiger partial charge is 0.364 e. The molecule has 0 aromatic carbocycles. The average Bonchev–Trinajstić information content (AvgIpc) is 2.04. The first kappa shape index (κ1) is 12.1. The number of aliphatic hydroxyl groups is 1. The van der Waals surface area contributed by atoms with Crippen LogP contribution in [0.4, 0.5) is 4.39 Å². The van der Waals surface area contributed by atoms with E-state index in [0.29, 0.717) is 25.2 Å². The number of rotatable bonds is 6. The lowest BCUT2D eigenvalue weighted by Gasteiger charge is -2.06. The van der Waals surface area contributed by atoms with Crippen LogP contribution in [0.15, 0.2) is 11.9 Å². The van der Waals surface area contributed by atoms with E-state index in [2.05, 4.69) is 0 Å². The van der Waals surface area contributed by atoms with Gasteiger partial charge in [-0.05, 0) is 31.3 Å². The number of allylic oxidation sites excluding steroid dienone is 1. The molecule has 0 radical (unpaired) electrons. The van der Waals surface area contributed by atoms with Gasteiger partial charge in [-0.1, -0.05) is 6.92 Å². The van der Waals surface area contributed by atoms with E-state index in [1.54, 1.807) is 0 Å². The molecule has 0 spiro atoms. The molecule has 0 saturated carbocycles. The number of hydrogen-bond donors (Lipinski definition) is 2. The molecule has 0 rings (SSSR count). The van der Waals surface area contributed by atoms with Crippen molar-refractivity contribution in [3.05, 3.63) is 11.9 Å². The van der Waals surface area contributed by atoms with Crippen molar-refractivity contribution in [1.29, 1.82) is 0 Å². The fourth-order valence-electron chi connectivity index (χ4n) is 0.947. The predicted molar refractivity (Wildman–Crippen MR) is 46.9 cm³/mol. The Kier molecular flexibility index (Phi) is 6.14. The lowest BCUT2D eigenvalue weighted by atomic mass is 10.0. The molecule has 0 heterocycles. The van der Waals surface area contributed by atoms with Crippen molar-refractivity contribution in [2.45, 2.75) is 26.2 Å². The van der Waals surface area contributed by atoms with Crippen LogP contribution in [0, 0.1) is 5.92 Å². The molecule has 76 valence electrons. The Hall–Kier alpha value is -0.900. The third-order valence-corrected chi connectivity index (χ3v) is 1.81. The number of carbonyl (C=O) groups is 1. The minimum atomic E-state index is -1.52. The van der Waals surface area contributed by atoms with Crippen LogP contribution in [0.5, 0.6) is 0 Å². The highest BCUT2D eigenvalue weighted by molar-refractivity contribution is 5.83. The molecule has 4 heteroatoms. The number of hydrogen-bond acceptors (Lipinski definition) is 2. The monoisotopic (exact) mass is 190 g/mol. The molecule has 0 aromatic heterocycles. The largest absolute Gasteiger partial charge is 0.476 e. The number of halogens is 1. The maximum atomic E-state index is 12.4. The Bertz CT molecular complexity index is 189. The van der Waals surface area contributed by atoms with Crippen LogP contribution >= 0.6 is 0 Å². The molecule has 3 nitrogen and oxygen atoms in total. The third kappa shape index (κ3) is 6.28. The van der Waals surface area contributed by atoms with Gasteiger partial charge < -0.3 is 10.2 Å². The minimum Gasteiger partial charge on any atom is -0.476 e. The molecule has 0 amide bonds. The second kappa shape index (κ2) is 6.60. The van der Waals surface area contributed by atoms with E-state index in [4.69, 9.17) is 10.2 Å². The van der Waals surface area contributed by atoms with Gasteiger partial charge in [-0.25, -0.2) is 4.79 Å². The molecular weight excluding hydrogens is 175 g/mol. The van der Waals surface area contributed by atoms with Gasteiger partial charge in [0.05, 0.1) is 0 Å². The van der Waals surface area contributed by atoms with E-state index in [-0.39, 0.29) is 6.61 Å². The Labute approximate surface area is 76.9 Å². The summed E-state index contributed by atoms with van der Waals surface area (Å²) >= 11 is 0. The van der Waals surface area contributed by atoms with Gasteiger partial charge in [-0.3, -0.25) is 0 Å². The molecule has 0 aromatic rings. The summed E-state index contributed by atoms with van der Waals surface area (Å²) < 4.78 is 12.4. The van der Waals surface area contributed by atoms with Gasteiger partial charge in [0, 0.05) is 6.61 Å². The van der Waals surface area contributed by atoms with Gasteiger partial charge >= 0.3 is 5.97 Å². The van der Waals surface area contributed by atoms with Crippen molar-refractivity contribution in [3.63, 3.8) is 0 Å². The normalized spacial score (nSPS) is 14.2. The highest BCUT2D eigenvalue weighted by Gasteiger charge is 2.05. The van der Waals surface area contributed by atoms with Gasteiger partial charge in [0.15, 0.2) is 0 Å². The number of aliphatic carboxylic acids is 1. The summed E-state index contributed by atoms with van der Waals surface area (Å²) in [5.74, 6) is -2.33. The molecular formula is C9H15FO3. The second-order valence-corrected chi connectivity index (χ2v) is 3.05. The number of carboxylic acids is 1. The Morgan fingerprint density at radius 3 is 2.62 bits per heavy atom.